The van der Waals surface area contributed by atoms with Gasteiger partial charge in [-0.1, -0.05) is 24.1 Å². The monoisotopic (exact) mass is 284 g/mol. The average Bonchev–Trinajstić information content (AvgIpc) is 2.43. The van der Waals surface area contributed by atoms with Crippen LogP contribution in [-0.4, -0.2) is 31.1 Å². The normalized spacial score (nSPS) is 18.5. The molecular formula is C15H22ClFN2. The zero-order valence-corrected chi connectivity index (χ0v) is 12.2. The number of rotatable bonds is 5. The highest BCUT2D eigenvalue weighted by molar-refractivity contribution is 6.30. The van der Waals surface area contributed by atoms with Gasteiger partial charge in [0.15, 0.2) is 0 Å². The van der Waals surface area contributed by atoms with Crippen LogP contribution in [0.25, 0.3) is 0 Å². The van der Waals surface area contributed by atoms with E-state index in [1.165, 1.54) is 38.4 Å². The molecule has 0 spiro atoms. The van der Waals surface area contributed by atoms with Gasteiger partial charge in [0.05, 0.1) is 5.02 Å². The maximum Gasteiger partial charge on any atom is 0.142 e. The Hall–Kier alpha value is -0.640. The number of hydrogen-bond donors (Lipinski definition) is 1. The zero-order chi connectivity index (χ0) is 13.7. The van der Waals surface area contributed by atoms with Crippen molar-refractivity contribution >= 4 is 11.6 Å². The third-order valence-electron chi connectivity index (χ3n) is 3.77. The summed E-state index contributed by atoms with van der Waals surface area (Å²) in [4.78, 5) is 2.49. The summed E-state index contributed by atoms with van der Waals surface area (Å²) in [6, 6.07) is 5.16. The number of nitrogens with zero attached hydrogens (tertiary/aromatic N) is 1. The number of hydrogen-bond acceptors (Lipinski definition) is 2. The molecule has 0 aliphatic carbocycles. The first kappa shape index (κ1) is 14.8. The minimum absolute atomic E-state index is 0.150. The molecule has 1 unspecified atom stereocenters. The highest BCUT2D eigenvalue weighted by Gasteiger charge is 2.11. The lowest BCUT2D eigenvalue weighted by molar-refractivity contribution is 0.227. The van der Waals surface area contributed by atoms with E-state index in [0.29, 0.717) is 0 Å². The van der Waals surface area contributed by atoms with Crippen molar-refractivity contribution in [1.82, 2.24) is 10.2 Å². The maximum absolute atomic E-state index is 13.4. The SMILES string of the molecule is CC(NCCN1CCCCC1)c1ccc(Cl)c(F)c1. The Balaban J connectivity index is 1.76. The van der Waals surface area contributed by atoms with Gasteiger partial charge < -0.3 is 10.2 Å². The van der Waals surface area contributed by atoms with Crippen LogP contribution in [-0.2, 0) is 0 Å². The maximum atomic E-state index is 13.4. The third-order valence-corrected chi connectivity index (χ3v) is 4.08. The van der Waals surface area contributed by atoms with E-state index in [2.05, 4.69) is 17.1 Å². The largest absolute Gasteiger partial charge is 0.309 e. The van der Waals surface area contributed by atoms with Gasteiger partial charge in [0.1, 0.15) is 5.82 Å². The second-order valence-electron chi connectivity index (χ2n) is 5.25. The molecule has 1 fully saturated rings. The quantitative estimate of drug-likeness (QED) is 0.888. The fourth-order valence-corrected chi connectivity index (χ4v) is 2.64. The summed E-state index contributed by atoms with van der Waals surface area (Å²) >= 11 is 5.69. The Morgan fingerprint density at radius 1 is 1.32 bits per heavy atom. The number of piperidine rings is 1. The molecule has 1 aliphatic rings. The topological polar surface area (TPSA) is 15.3 Å². The molecule has 0 aromatic heterocycles. The van der Waals surface area contributed by atoms with Gasteiger partial charge >= 0.3 is 0 Å². The van der Waals surface area contributed by atoms with Gasteiger partial charge in [-0.25, -0.2) is 4.39 Å². The summed E-state index contributed by atoms with van der Waals surface area (Å²) in [5, 5.41) is 3.63. The second kappa shape index (κ2) is 7.22. The predicted octanol–water partition coefficient (Wildman–Crippen LogP) is 3.62. The van der Waals surface area contributed by atoms with Gasteiger partial charge in [-0.3, -0.25) is 0 Å². The van der Waals surface area contributed by atoms with Crippen molar-refractivity contribution < 1.29 is 4.39 Å². The molecule has 2 nitrogen and oxygen atoms in total. The van der Waals surface area contributed by atoms with E-state index in [1.807, 2.05) is 6.07 Å². The number of nitrogens with one attached hydrogen (secondary N) is 1. The molecule has 2 rings (SSSR count). The van der Waals surface area contributed by atoms with Crippen LogP contribution < -0.4 is 5.32 Å². The number of halogens is 2. The molecule has 0 radical (unpaired) electrons. The molecule has 1 aromatic carbocycles. The van der Waals surface area contributed by atoms with Crippen molar-refractivity contribution in [2.24, 2.45) is 0 Å². The fourth-order valence-electron chi connectivity index (χ4n) is 2.52. The molecule has 1 N–H and O–H groups in total. The van der Waals surface area contributed by atoms with Crippen molar-refractivity contribution in [2.75, 3.05) is 26.2 Å². The Morgan fingerprint density at radius 3 is 2.74 bits per heavy atom. The Bertz CT molecular complexity index is 405. The first-order chi connectivity index (χ1) is 9.16. The number of likely N-dealkylation sites (tertiary alicyclic amines) is 1. The van der Waals surface area contributed by atoms with Crippen LogP contribution in [0.3, 0.4) is 0 Å². The lowest BCUT2D eigenvalue weighted by atomic mass is 10.1. The summed E-state index contributed by atoms with van der Waals surface area (Å²) in [7, 11) is 0. The fraction of sp³-hybridized carbons (Fsp3) is 0.600. The van der Waals surface area contributed by atoms with E-state index in [9.17, 15) is 4.39 Å². The van der Waals surface area contributed by atoms with Crippen molar-refractivity contribution in [3.05, 3.63) is 34.6 Å². The lowest BCUT2D eigenvalue weighted by Crippen LogP contribution is -2.36. The van der Waals surface area contributed by atoms with E-state index in [0.717, 1.165) is 18.7 Å². The molecule has 4 heteroatoms. The predicted molar refractivity (Wildman–Crippen MR) is 78.1 cm³/mol. The molecular weight excluding hydrogens is 263 g/mol. The van der Waals surface area contributed by atoms with Crippen LogP contribution >= 0.6 is 11.6 Å². The van der Waals surface area contributed by atoms with Gasteiger partial charge in [0, 0.05) is 19.1 Å². The Morgan fingerprint density at radius 2 is 2.05 bits per heavy atom. The van der Waals surface area contributed by atoms with E-state index in [4.69, 9.17) is 11.6 Å². The average molecular weight is 285 g/mol. The lowest BCUT2D eigenvalue weighted by Gasteiger charge is -2.27. The van der Waals surface area contributed by atoms with Crippen LogP contribution in [0.15, 0.2) is 18.2 Å². The van der Waals surface area contributed by atoms with Crippen LogP contribution in [0.5, 0.6) is 0 Å². The van der Waals surface area contributed by atoms with Crippen LogP contribution in [0.4, 0.5) is 4.39 Å². The van der Waals surface area contributed by atoms with E-state index in [1.54, 1.807) is 6.07 Å². The van der Waals surface area contributed by atoms with E-state index < -0.39 is 0 Å². The molecule has 0 saturated carbocycles. The third kappa shape index (κ3) is 4.44. The molecule has 1 saturated heterocycles. The van der Waals surface area contributed by atoms with Crippen molar-refractivity contribution in [1.29, 1.82) is 0 Å². The molecule has 0 bridgehead atoms. The summed E-state index contributed by atoms with van der Waals surface area (Å²) < 4.78 is 13.4. The minimum Gasteiger partial charge on any atom is -0.309 e. The van der Waals surface area contributed by atoms with Gasteiger partial charge in [-0.05, 0) is 50.6 Å². The van der Waals surface area contributed by atoms with Crippen molar-refractivity contribution in [2.45, 2.75) is 32.2 Å². The minimum atomic E-state index is -0.344. The standard InChI is InChI=1S/C15H22ClFN2/c1-12(13-5-6-14(16)15(17)11-13)18-7-10-19-8-3-2-4-9-19/h5-6,11-12,18H,2-4,7-10H2,1H3. The summed E-state index contributed by atoms with van der Waals surface area (Å²) in [6.07, 6.45) is 4.00. The van der Waals surface area contributed by atoms with Crippen molar-refractivity contribution in [3.8, 4) is 0 Å². The molecule has 1 aliphatic heterocycles. The summed E-state index contributed by atoms with van der Waals surface area (Å²) in [5.74, 6) is -0.344. The Labute approximate surface area is 119 Å². The van der Waals surface area contributed by atoms with Crippen LogP contribution in [0.1, 0.15) is 37.8 Å². The van der Waals surface area contributed by atoms with Gasteiger partial charge in [0.2, 0.25) is 0 Å². The van der Waals surface area contributed by atoms with Gasteiger partial charge in [0.25, 0.3) is 0 Å². The Kier molecular flexibility index (Phi) is 5.61. The first-order valence-corrected chi connectivity index (χ1v) is 7.45. The molecule has 1 heterocycles. The second-order valence-corrected chi connectivity index (χ2v) is 5.66. The summed E-state index contributed by atoms with van der Waals surface area (Å²) in [6.45, 7) is 6.49. The molecule has 0 amide bonds. The molecule has 1 atom stereocenters. The van der Waals surface area contributed by atoms with Crippen molar-refractivity contribution in [3.63, 3.8) is 0 Å². The van der Waals surface area contributed by atoms with Gasteiger partial charge in [-0.15, -0.1) is 0 Å². The van der Waals surface area contributed by atoms with Crippen LogP contribution in [0.2, 0.25) is 5.02 Å². The zero-order valence-electron chi connectivity index (χ0n) is 11.5. The van der Waals surface area contributed by atoms with E-state index in [-0.39, 0.29) is 16.9 Å². The number of benzene rings is 1. The van der Waals surface area contributed by atoms with Crippen LogP contribution in [0, 0.1) is 5.82 Å². The molecule has 106 valence electrons. The van der Waals surface area contributed by atoms with Gasteiger partial charge in [-0.2, -0.15) is 0 Å². The highest BCUT2D eigenvalue weighted by Crippen LogP contribution is 2.20. The first-order valence-electron chi connectivity index (χ1n) is 7.07. The molecule has 1 aromatic rings. The van der Waals surface area contributed by atoms with E-state index >= 15 is 0 Å². The smallest absolute Gasteiger partial charge is 0.142 e. The summed E-state index contributed by atoms with van der Waals surface area (Å²) in [5.41, 5.74) is 0.945. The highest BCUT2D eigenvalue weighted by atomic mass is 35.5. The molecule has 19 heavy (non-hydrogen) atoms.